The average Bonchev–Trinajstić information content (AvgIpc) is 2.95. The predicted octanol–water partition coefficient (Wildman–Crippen LogP) is 6.28. The van der Waals surface area contributed by atoms with Crippen molar-refractivity contribution in [1.29, 1.82) is 0 Å². The molecule has 4 rings (SSSR count). The van der Waals surface area contributed by atoms with Gasteiger partial charge in [0, 0.05) is 16.8 Å². The van der Waals surface area contributed by atoms with E-state index in [2.05, 4.69) is 5.32 Å². The molecule has 0 amide bonds. The zero-order valence-electron chi connectivity index (χ0n) is 24.1. The number of ether oxygens (including phenoxy) is 1. The highest BCUT2D eigenvalue weighted by Crippen LogP contribution is 2.34. The van der Waals surface area contributed by atoms with Crippen molar-refractivity contribution in [2.75, 3.05) is 14.2 Å². The second-order valence-corrected chi connectivity index (χ2v) is 10.4. The first-order chi connectivity index (χ1) is 19.9. The van der Waals surface area contributed by atoms with Crippen molar-refractivity contribution in [3.8, 4) is 16.9 Å². The molecule has 0 saturated heterocycles. The van der Waals surface area contributed by atoms with Crippen molar-refractivity contribution in [1.82, 2.24) is 14.5 Å². The normalized spacial score (nSPS) is 12.5. The van der Waals surface area contributed by atoms with E-state index in [1.54, 1.807) is 43.4 Å². The van der Waals surface area contributed by atoms with Crippen molar-refractivity contribution in [2.45, 2.75) is 52.0 Å². The fraction of sp³-hybridized carbons (Fsp3) is 0.312. The third-order valence-corrected chi connectivity index (χ3v) is 7.50. The van der Waals surface area contributed by atoms with Crippen molar-refractivity contribution in [3.63, 3.8) is 0 Å². The molecule has 0 spiro atoms. The summed E-state index contributed by atoms with van der Waals surface area (Å²) in [6.07, 6.45) is -4.85. The Labute approximate surface area is 241 Å². The highest BCUT2D eigenvalue weighted by atomic mass is 19.4. The summed E-state index contributed by atoms with van der Waals surface area (Å²) in [5, 5.41) is 3.10. The van der Waals surface area contributed by atoms with Gasteiger partial charge in [-0.1, -0.05) is 62.4 Å². The lowest BCUT2D eigenvalue weighted by atomic mass is 9.97. The van der Waals surface area contributed by atoms with E-state index in [9.17, 15) is 27.2 Å². The molecule has 1 aromatic heterocycles. The molecule has 0 aliphatic heterocycles. The molecule has 222 valence electrons. The van der Waals surface area contributed by atoms with E-state index in [-0.39, 0.29) is 23.7 Å². The number of likely N-dealkylation sites (N-methyl/N-ethyl adjacent to an activating group) is 1. The monoisotopic (exact) mass is 583 g/mol. The van der Waals surface area contributed by atoms with Gasteiger partial charge in [0.25, 0.3) is 5.56 Å². The standard InChI is InChI=1S/C32H33F4N3O3/c1-19(2)21-10-8-11-22(16-21)29-20(3)38(17-24-25(32(34,35)36)13-9-14-26(24)33)31(41)39(30(29)40)18-27(37-4)23-12-6-7-15-28(23)42-5/h6-16,19,27,37H,17-18H2,1-5H3. The maximum Gasteiger partial charge on any atom is 0.416 e. The molecular formula is C32H33F4N3O3. The van der Waals surface area contributed by atoms with Crippen LogP contribution in [0.2, 0.25) is 0 Å². The molecule has 0 aliphatic carbocycles. The van der Waals surface area contributed by atoms with E-state index in [4.69, 9.17) is 4.74 Å². The molecule has 0 fully saturated rings. The summed E-state index contributed by atoms with van der Waals surface area (Å²) >= 11 is 0. The summed E-state index contributed by atoms with van der Waals surface area (Å²) in [5.74, 6) is -0.437. The Kier molecular flexibility index (Phi) is 9.06. The van der Waals surface area contributed by atoms with Gasteiger partial charge in [0.05, 0.1) is 37.4 Å². The van der Waals surface area contributed by atoms with Crippen LogP contribution in [0, 0.1) is 12.7 Å². The number of nitrogens with one attached hydrogen (secondary N) is 1. The molecule has 42 heavy (non-hydrogen) atoms. The van der Waals surface area contributed by atoms with Crippen LogP contribution in [-0.2, 0) is 19.3 Å². The van der Waals surface area contributed by atoms with Crippen LogP contribution in [0.4, 0.5) is 17.6 Å². The first kappa shape index (κ1) is 30.8. The van der Waals surface area contributed by atoms with Crippen molar-refractivity contribution < 1.29 is 22.3 Å². The topological polar surface area (TPSA) is 65.3 Å². The summed E-state index contributed by atoms with van der Waals surface area (Å²) in [6.45, 7) is 4.60. The molecule has 0 saturated carbocycles. The molecule has 1 atom stereocenters. The third-order valence-electron chi connectivity index (χ3n) is 7.50. The summed E-state index contributed by atoms with van der Waals surface area (Å²) < 4.78 is 64.1. The zero-order valence-corrected chi connectivity index (χ0v) is 24.1. The van der Waals surface area contributed by atoms with Gasteiger partial charge in [-0.15, -0.1) is 0 Å². The number of nitrogens with zero attached hydrogens (tertiary/aromatic N) is 2. The van der Waals surface area contributed by atoms with Crippen LogP contribution < -0.4 is 21.3 Å². The number of halogens is 4. The Morgan fingerprint density at radius 3 is 2.29 bits per heavy atom. The van der Waals surface area contributed by atoms with Gasteiger partial charge in [0.15, 0.2) is 0 Å². The number of alkyl halides is 3. The van der Waals surface area contributed by atoms with Gasteiger partial charge in [-0.05, 0) is 49.2 Å². The highest BCUT2D eigenvalue weighted by Gasteiger charge is 2.35. The minimum atomic E-state index is -4.85. The Morgan fingerprint density at radius 1 is 0.952 bits per heavy atom. The van der Waals surface area contributed by atoms with Gasteiger partial charge in [-0.25, -0.2) is 9.18 Å². The first-order valence-corrected chi connectivity index (χ1v) is 13.5. The zero-order chi connectivity index (χ0) is 30.8. The van der Waals surface area contributed by atoms with E-state index >= 15 is 0 Å². The maximum absolute atomic E-state index is 14.9. The van der Waals surface area contributed by atoms with Gasteiger partial charge >= 0.3 is 11.9 Å². The largest absolute Gasteiger partial charge is 0.496 e. The van der Waals surface area contributed by atoms with E-state index in [0.29, 0.717) is 16.9 Å². The SMILES string of the molecule is CNC(Cn1c(=O)c(-c2cccc(C(C)C)c2)c(C)n(Cc2c(F)cccc2C(F)(F)F)c1=O)c1ccccc1OC. The lowest BCUT2D eigenvalue weighted by molar-refractivity contribution is -0.138. The molecule has 10 heteroatoms. The van der Waals surface area contributed by atoms with E-state index in [1.807, 2.05) is 26.0 Å². The van der Waals surface area contributed by atoms with Crippen LogP contribution in [0.15, 0.2) is 76.3 Å². The minimum Gasteiger partial charge on any atom is -0.496 e. The van der Waals surface area contributed by atoms with Crippen molar-refractivity contribution in [2.24, 2.45) is 0 Å². The molecule has 1 N–H and O–H groups in total. The van der Waals surface area contributed by atoms with Crippen molar-refractivity contribution >= 4 is 0 Å². The summed E-state index contributed by atoms with van der Waals surface area (Å²) in [7, 11) is 3.17. The smallest absolute Gasteiger partial charge is 0.416 e. The fourth-order valence-electron chi connectivity index (χ4n) is 5.16. The highest BCUT2D eigenvalue weighted by molar-refractivity contribution is 5.66. The van der Waals surface area contributed by atoms with Crippen LogP contribution in [0.25, 0.3) is 11.1 Å². The van der Waals surface area contributed by atoms with E-state index < -0.39 is 47.0 Å². The van der Waals surface area contributed by atoms with Crippen LogP contribution in [0.5, 0.6) is 5.75 Å². The van der Waals surface area contributed by atoms with E-state index in [1.165, 1.54) is 14.0 Å². The van der Waals surface area contributed by atoms with Gasteiger partial charge in [-0.3, -0.25) is 13.9 Å². The molecule has 0 bridgehead atoms. The Bertz CT molecular complexity index is 1710. The second kappa shape index (κ2) is 12.4. The number of aromatic nitrogens is 2. The molecule has 1 unspecified atom stereocenters. The van der Waals surface area contributed by atoms with Crippen LogP contribution >= 0.6 is 0 Å². The second-order valence-electron chi connectivity index (χ2n) is 10.4. The molecule has 6 nitrogen and oxygen atoms in total. The molecule has 0 aliphatic rings. The number of rotatable bonds is 9. The molecule has 4 aromatic rings. The lowest BCUT2D eigenvalue weighted by Crippen LogP contribution is -2.44. The fourth-order valence-corrected chi connectivity index (χ4v) is 5.16. The number of para-hydroxylation sites is 1. The number of hydrogen-bond donors (Lipinski definition) is 1. The lowest BCUT2D eigenvalue weighted by Gasteiger charge is -2.23. The Balaban J connectivity index is 2.00. The number of methoxy groups -OCH3 is 1. The van der Waals surface area contributed by atoms with Crippen molar-refractivity contribution in [3.05, 3.63) is 121 Å². The van der Waals surface area contributed by atoms with Gasteiger partial charge in [-0.2, -0.15) is 13.2 Å². The van der Waals surface area contributed by atoms with Crippen LogP contribution in [-0.4, -0.2) is 23.3 Å². The quantitative estimate of drug-likeness (QED) is 0.236. The third kappa shape index (κ3) is 6.04. The summed E-state index contributed by atoms with van der Waals surface area (Å²) in [5.41, 5.74) is -0.914. The molecule has 3 aromatic carbocycles. The Morgan fingerprint density at radius 2 is 1.64 bits per heavy atom. The molecular weight excluding hydrogens is 550 g/mol. The molecule has 1 heterocycles. The molecule has 0 radical (unpaired) electrons. The minimum absolute atomic E-state index is 0.130. The summed E-state index contributed by atoms with van der Waals surface area (Å²) in [4.78, 5) is 28.0. The van der Waals surface area contributed by atoms with Crippen LogP contribution in [0.1, 0.15) is 53.8 Å². The number of benzene rings is 3. The maximum atomic E-state index is 14.9. The van der Waals surface area contributed by atoms with E-state index in [0.717, 1.165) is 32.9 Å². The number of hydrogen-bond acceptors (Lipinski definition) is 4. The first-order valence-electron chi connectivity index (χ1n) is 13.5. The summed E-state index contributed by atoms with van der Waals surface area (Å²) in [6, 6.07) is 16.5. The van der Waals surface area contributed by atoms with Gasteiger partial charge < -0.3 is 10.1 Å². The Hall–Kier alpha value is -4.18. The average molecular weight is 584 g/mol. The van der Waals surface area contributed by atoms with Gasteiger partial charge in [0.1, 0.15) is 11.6 Å². The predicted molar refractivity (Wildman–Crippen MR) is 155 cm³/mol. The van der Waals surface area contributed by atoms with Gasteiger partial charge in [0.2, 0.25) is 0 Å². The van der Waals surface area contributed by atoms with Crippen LogP contribution in [0.3, 0.4) is 0 Å².